The van der Waals surface area contributed by atoms with Gasteiger partial charge in [0.2, 0.25) is 0 Å². The van der Waals surface area contributed by atoms with Crippen LogP contribution in [-0.4, -0.2) is 10.2 Å². The van der Waals surface area contributed by atoms with E-state index in [1.165, 1.54) is 18.4 Å². The van der Waals surface area contributed by atoms with E-state index in [-0.39, 0.29) is 0 Å². The largest absolute Gasteiger partial charge is 0.382 e. The maximum absolute atomic E-state index is 5.66. The maximum Gasteiger partial charge on any atom is 0.149 e. The number of aryl methyl sites for hydroxylation is 1. The molecule has 0 aliphatic heterocycles. The summed E-state index contributed by atoms with van der Waals surface area (Å²) in [6.45, 7) is 1.94. The fraction of sp³-hybridized carbons (Fsp3) is 0.500. The van der Waals surface area contributed by atoms with Crippen molar-refractivity contribution in [2.45, 2.75) is 25.7 Å². The van der Waals surface area contributed by atoms with E-state index in [1.807, 2.05) is 13.0 Å². The second-order valence-corrected chi connectivity index (χ2v) is 3.10. The number of rotatable bonds is 1. The number of hydrogen-bond acceptors (Lipinski definition) is 3. The van der Waals surface area contributed by atoms with Gasteiger partial charge < -0.3 is 5.73 Å². The summed E-state index contributed by atoms with van der Waals surface area (Å²) in [6.07, 6.45) is 2.52. The highest BCUT2D eigenvalue weighted by Crippen LogP contribution is 2.41. The lowest BCUT2D eigenvalue weighted by atomic mass is 10.1. The second kappa shape index (κ2) is 2.19. The fourth-order valence-electron chi connectivity index (χ4n) is 1.24. The lowest BCUT2D eigenvalue weighted by molar-refractivity contribution is 0.951. The average molecular weight is 149 g/mol. The van der Waals surface area contributed by atoms with Crippen LogP contribution >= 0.6 is 0 Å². The quantitative estimate of drug-likeness (QED) is 0.653. The molecule has 1 heterocycles. The third-order valence-electron chi connectivity index (χ3n) is 1.99. The Balaban J connectivity index is 2.42. The van der Waals surface area contributed by atoms with E-state index in [0.29, 0.717) is 11.7 Å². The van der Waals surface area contributed by atoms with Gasteiger partial charge in [0, 0.05) is 5.56 Å². The molecule has 0 bridgehead atoms. The van der Waals surface area contributed by atoms with E-state index in [2.05, 4.69) is 10.2 Å². The van der Waals surface area contributed by atoms with Gasteiger partial charge in [0.1, 0.15) is 5.82 Å². The normalized spacial score (nSPS) is 16.8. The molecule has 2 N–H and O–H groups in total. The molecule has 58 valence electrons. The second-order valence-electron chi connectivity index (χ2n) is 3.10. The van der Waals surface area contributed by atoms with Gasteiger partial charge in [0.25, 0.3) is 0 Å². The van der Waals surface area contributed by atoms with E-state index in [0.717, 1.165) is 5.69 Å². The van der Waals surface area contributed by atoms with Gasteiger partial charge >= 0.3 is 0 Å². The average Bonchev–Trinajstić information content (AvgIpc) is 2.76. The first-order valence-corrected chi connectivity index (χ1v) is 3.87. The molecule has 0 unspecified atom stereocenters. The minimum atomic E-state index is 0.609. The zero-order valence-corrected chi connectivity index (χ0v) is 6.54. The topological polar surface area (TPSA) is 51.8 Å². The molecule has 1 aromatic heterocycles. The lowest BCUT2D eigenvalue weighted by Crippen LogP contribution is -1.99. The van der Waals surface area contributed by atoms with Gasteiger partial charge in [0.15, 0.2) is 0 Å². The summed E-state index contributed by atoms with van der Waals surface area (Å²) in [6, 6.07) is 2.04. The monoisotopic (exact) mass is 149 g/mol. The summed E-state index contributed by atoms with van der Waals surface area (Å²) in [5.41, 5.74) is 7.81. The van der Waals surface area contributed by atoms with Gasteiger partial charge in [-0.05, 0) is 31.7 Å². The molecule has 3 nitrogen and oxygen atoms in total. The predicted octanol–water partition coefficient (Wildman–Crippen LogP) is 1.24. The number of anilines is 1. The minimum Gasteiger partial charge on any atom is -0.382 e. The molecule has 0 spiro atoms. The standard InChI is InChI=1S/C8H11N3/c1-5-4-7(6-2-3-6)8(9)11-10-5/h4,6H,2-3H2,1H3,(H2,9,11). The maximum atomic E-state index is 5.66. The van der Waals surface area contributed by atoms with Crippen molar-refractivity contribution in [3.63, 3.8) is 0 Å². The number of nitrogens with two attached hydrogens (primary N) is 1. The summed E-state index contributed by atoms with van der Waals surface area (Å²) in [4.78, 5) is 0. The van der Waals surface area contributed by atoms with Gasteiger partial charge in [-0.3, -0.25) is 0 Å². The SMILES string of the molecule is Cc1cc(C2CC2)c(N)nn1. The number of nitrogens with zero attached hydrogens (tertiary/aromatic N) is 2. The predicted molar refractivity (Wildman–Crippen MR) is 43.2 cm³/mol. The van der Waals surface area contributed by atoms with Crippen molar-refractivity contribution in [1.82, 2.24) is 10.2 Å². The van der Waals surface area contributed by atoms with Crippen LogP contribution in [0.1, 0.15) is 30.0 Å². The minimum absolute atomic E-state index is 0.609. The van der Waals surface area contributed by atoms with E-state index < -0.39 is 0 Å². The van der Waals surface area contributed by atoms with Crippen molar-refractivity contribution < 1.29 is 0 Å². The molecule has 0 aromatic carbocycles. The Morgan fingerprint density at radius 1 is 1.45 bits per heavy atom. The Hall–Kier alpha value is -1.12. The Morgan fingerprint density at radius 3 is 2.82 bits per heavy atom. The Kier molecular flexibility index (Phi) is 1.31. The molecule has 3 heteroatoms. The highest BCUT2D eigenvalue weighted by atomic mass is 15.1. The summed E-state index contributed by atoms with van der Waals surface area (Å²) in [5, 5.41) is 7.74. The zero-order valence-electron chi connectivity index (χ0n) is 6.54. The third kappa shape index (κ3) is 1.18. The molecule has 1 aliphatic rings. The molecule has 1 aliphatic carbocycles. The van der Waals surface area contributed by atoms with Crippen LogP contribution in [0.15, 0.2) is 6.07 Å². The van der Waals surface area contributed by atoms with Gasteiger partial charge in [-0.2, -0.15) is 5.10 Å². The first kappa shape index (κ1) is 6.58. The summed E-state index contributed by atoms with van der Waals surface area (Å²) in [5.74, 6) is 1.28. The van der Waals surface area contributed by atoms with Gasteiger partial charge in [-0.15, -0.1) is 5.10 Å². The van der Waals surface area contributed by atoms with Crippen LogP contribution in [0.4, 0.5) is 5.82 Å². The molecular weight excluding hydrogens is 138 g/mol. The number of hydrogen-bond donors (Lipinski definition) is 1. The molecule has 0 atom stereocenters. The highest BCUT2D eigenvalue weighted by Gasteiger charge is 2.26. The van der Waals surface area contributed by atoms with Crippen molar-refractivity contribution in [3.8, 4) is 0 Å². The molecule has 1 fully saturated rings. The number of aromatic nitrogens is 2. The van der Waals surface area contributed by atoms with E-state index in [1.54, 1.807) is 0 Å². The van der Waals surface area contributed by atoms with Crippen LogP contribution in [0.25, 0.3) is 0 Å². The third-order valence-corrected chi connectivity index (χ3v) is 1.99. The zero-order chi connectivity index (χ0) is 7.84. The van der Waals surface area contributed by atoms with Crippen LogP contribution in [0.2, 0.25) is 0 Å². The molecule has 0 saturated heterocycles. The molecule has 1 aromatic rings. The Bertz CT molecular complexity index is 279. The Morgan fingerprint density at radius 2 is 2.18 bits per heavy atom. The van der Waals surface area contributed by atoms with Gasteiger partial charge in [-0.25, -0.2) is 0 Å². The number of nitrogen functional groups attached to an aromatic ring is 1. The van der Waals surface area contributed by atoms with Crippen LogP contribution in [0.3, 0.4) is 0 Å². The first-order chi connectivity index (χ1) is 5.27. The molecule has 2 rings (SSSR count). The molecule has 0 amide bonds. The molecule has 1 saturated carbocycles. The van der Waals surface area contributed by atoms with Crippen LogP contribution in [-0.2, 0) is 0 Å². The summed E-state index contributed by atoms with van der Waals surface area (Å²) < 4.78 is 0. The van der Waals surface area contributed by atoms with Crippen molar-refractivity contribution in [1.29, 1.82) is 0 Å². The smallest absolute Gasteiger partial charge is 0.149 e. The molecule has 0 radical (unpaired) electrons. The highest BCUT2D eigenvalue weighted by molar-refractivity contribution is 5.43. The van der Waals surface area contributed by atoms with E-state index in [4.69, 9.17) is 5.73 Å². The first-order valence-electron chi connectivity index (χ1n) is 3.87. The summed E-state index contributed by atoms with van der Waals surface area (Å²) in [7, 11) is 0. The van der Waals surface area contributed by atoms with Crippen molar-refractivity contribution >= 4 is 5.82 Å². The van der Waals surface area contributed by atoms with E-state index in [9.17, 15) is 0 Å². The molecule has 11 heavy (non-hydrogen) atoms. The van der Waals surface area contributed by atoms with Crippen LogP contribution in [0, 0.1) is 6.92 Å². The van der Waals surface area contributed by atoms with E-state index >= 15 is 0 Å². The molecular formula is C8H11N3. The van der Waals surface area contributed by atoms with Crippen molar-refractivity contribution in [3.05, 3.63) is 17.3 Å². The van der Waals surface area contributed by atoms with Crippen LogP contribution < -0.4 is 5.73 Å². The van der Waals surface area contributed by atoms with Gasteiger partial charge in [-0.1, -0.05) is 0 Å². The lowest BCUT2D eigenvalue weighted by Gasteiger charge is -2.01. The Labute approximate surface area is 65.6 Å². The fourth-order valence-corrected chi connectivity index (χ4v) is 1.24. The summed E-state index contributed by atoms with van der Waals surface area (Å²) >= 11 is 0. The van der Waals surface area contributed by atoms with Crippen molar-refractivity contribution in [2.75, 3.05) is 5.73 Å². The van der Waals surface area contributed by atoms with Crippen LogP contribution in [0.5, 0.6) is 0 Å². The van der Waals surface area contributed by atoms with Crippen molar-refractivity contribution in [2.24, 2.45) is 0 Å². The van der Waals surface area contributed by atoms with Gasteiger partial charge in [0.05, 0.1) is 5.69 Å².